The second-order valence-corrected chi connectivity index (χ2v) is 11.3. The average Bonchev–Trinajstić information content (AvgIpc) is 3.66. The molecule has 0 saturated carbocycles. The van der Waals surface area contributed by atoms with Crippen molar-refractivity contribution in [2.75, 3.05) is 24.3 Å². The molecular formula is C31H28F4N6O4S. The first-order chi connectivity index (χ1) is 21.9. The lowest BCUT2D eigenvalue weighted by Crippen LogP contribution is -2.32. The maximum atomic E-state index is 15.1. The van der Waals surface area contributed by atoms with Crippen LogP contribution in [0.3, 0.4) is 0 Å². The van der Waals surface area contributed by atoms with Gasteiger partial charge in [0.05, 0.1) is 30.8 Å². The summed E-state index contributed by atoms with van der Waals surface area (Å²) in [5, 5.41) is 7.00. The van der Waals surface area contributed by atoms with E-state index in [2.05, 4.69) is 25.1 Å². The number of thioether (sulfide) groups is 1. The molecule has 1 saturated heterocycles. The molecule has 1 aliphatic heterocycles. The average molecular weight is 657 g/mol. The number of hydrogen-bond acceptors (Lipinski definition) is 7. The van der Waals surface area contributed by atoms with Crippen molar-refractivity contribution in [2.24, 2.45) is 4.99 Å². The first kappa shape index (κ1) is 32.5. The first-order valence-corrected chi connectivity index (χ1v) is 14.9. The maximum absolute atomic E-state index is 15.1. The third-order valence-corrected chi connectivity index (χ3v) is 7.77. The summed E-state index contributed by atoms with van der Waals surface area (Å²) in [7, 11) is 1.56. The Balaban J connectivity index is 1.20. The lowest BCUT2D eigenvalue weighted by Gasteiger charge is -2.22. The van der Waals surface area contributed by atoms with Gasteiger partial charge in [0, 0.05) is 5.56 Å². The molecule has 0 spiro atoms. The fraction of sp³-hybridized carbons (Fsp3) is 0.258. The maximum Gasteiger partial charge on any atom is 0.573 e. The highest BCUT2D eigenvalue weighted by atomic mass is 32.2. The fourth-order valence-corrected chi connectivity index (χ4v) is 5.45. The van der Waals surface area contributed by atoms with E-state index in [4.69, 9.17) is 4.74 Å². The second kappa shape index (κ2) is 13.6. The van der Waals surface area contributed by atoms with Crippen LogP contribution in [0.5, 0.6) is 11.5 Å². The molecule has 0 bridgehead atoms. The number of benzene rings is 3. The zero-order valence-electron chi connectivity index (χ0n) is 24.8. The van der Waals surface area contributed by atoms with E-state index in [1.54, 1.807) is 31.4 Å². The summed E-state index contributed by atoms with van der Waals surface area (Å²) in [4.78, 5) is 35.1. The number of rotatable bonds is 9. The van der Waals surface area contributed by atoms with Gasteiger partial charge in [-0.25, -0.2) is 18.9 Å². The van der Waals surface area contributed by atoms with E-state index in [1.807, 2.05) is 19.9 Å². The first-order valence-electron chi connectivity index (χ1n) is 13.9. The van der Waals surface area contributed by atoms with E-state index in [0.717, 1.165) is 29.5 Å². The number of nitrogens with zero attached hydrogens (tertiary/aromatic N) is 5. The summed E-state index contributed by atoms with van der Waals surface area (Å²) in [5.74, 6) is 0.547. The molecule has 4 aromatic rings. The number of carbonyl (C=O) groups is 2. The second-order valence-electron chi connectivity index (χ2n) is 10.3. The number of ether oxygens (including phenoxy) is 2. The lowest BCUT2D eigenvalue weighted by atomic mass is 10.00. The highest BCUT2D eigenvalue weighted by molar-refractivity contribution is 8.15. The van der Waals surface area contributed by atoms with Crippen molar-refractivity contribution in [1.29, 1.82) is 0 Å². The smallest absolute Gasteiger partial charge is 0.497 e. The van der Waals surface area contributed by atoms with Gasteiger partial charge in [0.25, 0.3) is 0 Å². The van der Waals surface area contributed by atoms with E-state index < -0.39 is 18.6 Å². The van der Waals surface area contributed by atoms with Crippen molar-refractivity contribution in [3.05, 3.63) is 84.2 Å². The number of halogens is 4. The molecule has 46 heavy (non-hydrogen) atoms. The van der Waals surface area contributed by atoms with E-state index in [1.165, 1.54) is 40.2 Å². The molecule has 0 aliphatic carbocycles. The lowest BCUT2D eigenvalue weighted by molar-refractivity contribution is -0.274. The molecule has 1 atom stereocenters. The number of urea groups is 1. The van der Waals surface area contributed by atoms with Crippen LogP contribution in [0.2, 0.25) is 0 Å². The van der Waals surface area contributed by atoms with Crippen LogP contribution in [0, 0.1) is 0 Å². The summed E-state index contributed by atoms with van der Waals surface area (Å²) in [6.07, 6.45) is -4.95. The highest BCUT2D eigenvalue weighted by Crippen LogP contribution is 2.36. The number of aliphatic imine (C=N–C) groups is 1. The van der Waals surface area contributed by atoms with Crippen LogP contribution in [0.1, 0.15) is 37.1 Å². The monoisotopic (exact) mass is 656 g/mol. The SMILES string of the molecule is COc1ccc(N2C(=O)CSC2=NC(=O)NCC(F)c2ccc(-c3ncn(-c4ccc(OC(F)(F)F)cc4)n3)cc2)c(C(C)C)c1. The molecule has 15 heteroatoms. The number of amides is 3. The number of alkyl halides is 4. The third kappa shape index (κ3) is 7.65. The molecule has 1 fully saturated rings. The third-order valence-electron chi connectivity index (χ3n) is 6.85. The molecule has 2 heterocycles. The number of amidine groups is 1. The minimum Gasteiger partial charge on any atom is -0.497 e. The molecule has 240 valence electrons. The van der Waals surface area contributed by atoms with Crippen LogP contribution in [0.4, 0.5) is 28.0 Å². The van der Waals surface area contributed by atoms with Gasteiger partial charge >= 0.3 is 12.4 Å². The Morgan fingerprint density at radius 1 is 1.07 bits per heavy atom. The van der Waals surface area contributed by atoms with Gasteiger partial charge in [-0.15, -0.1) is 18.3 Å². The summed E-state index contributed by atoms with van der Waals surface area (Å²) >= 11 is 1.13. The van der Waals surface area contributed by atoms with Crippen LogP contribution < -0.4 is 19.7 Å². The Bertz CT molecular complexity index is 1740. The number of nitrogens with one attached hydrogen (secondary N) is 1. The quantitative estimate of drug-likeness (QED) is 0.197. The molecule has 5 rings (SSSR count). The van der Waals surface area contributed by atoms with Gasteiger partial charge in [-0.1, -0.05) is 49.9 Å². The van der Waals surface area contributed by atoms with Gasteiger partial charge in [-0.3, -0.25) is 9.69 Å². The van der Waals surface area contributed by atoms with Crippen LogP contribution in [-0.4, -0.2) is 57.6 Å². The Morgan fingerprint density at radius 3 is 2.41 bits per heavy atom. The van der Waals surface area contributed by atoms with E-state index in [0.29, 0.717) is 34.1 Å². The van der Waals surface area contributed by atoms with Crippen molar-refractivity contribution in [3.8, 4) is 28.6 Å². The molecule has 3 aromatic carbocycles. The van der Waals surface area contributed by atoms with Crippen molar-refractivity contribution in [3.63, 3.8) is 0 Å². The van der Waals surface area contributed by atoms with Gasteiger partial charge in [0.2, 0.25) is 5.91 Å². The van der Waals surface area contributed by atoms with Gasteiger partial charge in [-0.05, 0) is 59.5 Å². The van der Waals surface area contributed by atoms with Gasteiger partial charge in [-0.2, -0.15) is 4.99 Å². The number of anilines is 1. The minimum absolute atomic E-state index is 0.0613. The van der Waals surface area contributed by atoms with Gasteiger partial charge < -0.3 is 14.8 Å². The molecule has 0 radical (unpaired) electrons. The Morgan fingerprint density at radius 2 is 1.76 bits per heavy atom. The van der Waals surface area contributed by atoms with Crippen molar-refractivity contribution in [1.82, 2.24) is 20.1 Å². The summed E-state index contributed by atoms with van der Waals surface area (Å²) in [6.45, 7) is 3.61. The topological polar surface area (TPSA) is 111 Å². The normalized spacial score (nSPS) is 15.0. The molecule has 10 nitrogen and oxygen atoms in total. The predicted octanol–water partition coefficient (Wildman–Crippen LogP) is 6.82. The van der Waals surface area contributed by atoms with Crippen molar-refractivity contribution >= 4 is 34.6 Å². The van der Waals surface area contributed by atoms with Crippen LogP contribution >= 0.6 is 11.8 Å². The van der Waals surface area contributed by atoms with Gasteiger partial charge in [0.15, 0.2) is 11.0 Å². The number of methoxy groups -OCH3 is 1. The van der Waals surface area contributed by atoms with E-state index in [-0.39, 0.29) is 35.0 Å². The molecule has 1 N–H and O–H groups in total. The standard InChI is InChI=1S/C31H28F4N6O4S/c1-18(2)24-14-23(44-3)12-13-26(24)41-27(42)16-46-30(41)38-29(43)36-15-25(32)19-4-6-20(7-5-19)28-37-17-40(39-28)21-8-10-22(11-9-21)45-31(33,34)35/h4-14,17-18,25H,15-16H2,1-3H3,(H,36,43). The highest BCUT2D eigenvalue weighted by Gasteiger charge is 2.33. The van der Waals surface area contributed by atoms with E-state index >= 15 is 4.39 Å². The zero-order valence-corrected chi connectivity index (χ0v) is 25.6. The fourth-order valence-electron chi connectivity index (χ4n) is 4.59. The summed E-state index contributed by atoms with van der Waals surface area (Å²) in [5.41, 5.74) is 2.79. The van der Waals surface area contributed by atoms with Crippen LogP contribution in [-0.2, 0) is 4.79 Å². The number of aromatic nitrogens is 3. The zero-order chi connectivity index (χ0) is 33.0. The summed E-state index contributed by atoms with van der Waals surface area (Å²) in [6, 6.07) is 16.0. The molecule has 1 unspecified atom stereocenters. The largest absolute Gasteiger partial charge is 0.573 e. The van der Waals surface area contributed by atoms with Crippen molar-refractivity contribution < 1.29 is 36.6 Å². The van der Waals surface area contributed by atoms with Crippen molar-refractivity contribution in [2.45, 2.75) is 32.3 Å². The Labute approximate surface area is 265 Å². The van der Waals surface area contributed by atoms with Gasteiger partial charge in [0.1, 0.15) is 24.0 Å². The minimum atomic E-state index is -4.79. The van der Waals surface area contributed by atoms with Crippen LogP contribution in [0.15, 0.2) is 78.0 Å². The van der Waals surface area contributed by atoms with E-state index in [9.17, 15) is 22.8 Å². The molecule has 1 aliphatic rings. The molecular weight excluding hydrogens is 628 g/mol. The van der Waals surface area contributed by atoms with Crippen LogP contribution in [0.25, 0.3) is 17.1 Å². The molecule has 3 amide bonds. The number of hydrogen-bond donors (Lipinski definition) is 1. The Hall–Kier alpha value is -4.92. The Kier molecular flexibility index (Phi) is 9.60. The number of carbonyl (C=O) groups excluding carboxylic acids is 2. The predicted molar refractivity (Wildman–Crippen MR) is 165 cm³/mol. The summed E-state index contributed by atoms with van der Waals surface area (Å²) < 4.78 is 62.8. The molecule has 1 aromatic heterocycles.